The average molecular weight is 580 g/mol. The fourth-order valence-corrected chi connectivity index (χ4v) is 6.44. The van der Waals surface area contributed by atoms with Crippen LogP contribution in [0, 0.1) is 11.8 Å². The van der Waals surface area contributed by atoms with E-state index in [0.717, 1.165) is 37.5 Å². The number of rotatable bonds is 10. The van der Waals surface area contributed by atoms with E-state index in [1.165, 1.54) is 20.3 Å². The normalized spacial score (nSPS) is 24.9. The predicted octanol–water partition coefficient (Wildman–Crippen LogP) is 2.05. The number of fused-ring (bicyclic) bond motifs is 1. The van der Waals surface area contributed by atoms with E-state index in [1.54, 1.807) is 0 Å². The van der Waals surface area contributed by atoms with Crippen LogP contribution in [0.4, 0.5) is 0 Å². The zero-order valence-electron chi connectivity index (χ0n) is 24.9. The Morgan fingerprint density at radius 3 is 2.20 bits per heavy atom. The highest BCUT2D eigenvalue weighted by atomic mass is 32.2. The van der Waals surface area contributed by atoms with Crippen LogP contribution in [0.25, 0.3) is 0 Å². The Balaban J connectivity index is 1.84. The Morgan fingerprint density at radius 2 is 1.62 bits per heavy atom. The van der Waals surface area contributed by atoms with Gasteiger partial charge in [0.15, 0.2) is 15.9 Å². The Kier molecular flexibility index (Phi) is 10.5. The van der Waals surface area contributed by atoms with Gasteiger partial charge in [0.05, 0.1) is 18.2 Å². The molecule has 1 aliphatic heterocycles. The summed E-state index contributed by atoms with van der Waals surface area (Å²) in [6, 6.07) is 8.17. The summed E-state index contributed by atoms with van der Waals surface area (Å²) in [6.07, 6.45) is 3.65. The van der Waals surface area contributed by atoms with Crippen LogP contribution in [-0.2, 0) is 25.8 Å². The second-order valence-corrected chi connectivity index (χ2v) is 16.0. The van der Waals surface area contributed by atoms with Crippen LogP contribution in [0.3, 0.4) is 0 Å². The zero-order chi connectivity index (χ0) is 29.9. The molecule has 0 bridgehead atoms. The lowest BCUT2D eigenvalue weighted by molar-refractivity contribution is -0.135. The van der Waals surface area contributed by atoms with Gasteiger partial charge in [0, 0.05) is 24.9 Å². The van der Waals surface area contributed by atoms with Gasteiger partial charge >= 0.3 is 0 Å². The van der Waals surface area contributed by atoms with Crippen LogP contribution >= 0.6 is 0 Å². The maximum atomic E-state index is 13.4. The van der Waals surface area contributed by atoms with Crippen molar-refractivity contribution in [2.24, 2.45) is 11.8 Å². The minimum Gasteiger partial charge on any atom is -0.390 e. The number of likely N-dealkylation sites (tertiary alicyclic amines) is 1. The van der Waals surface area contributed by atoms with Crippen molar-refractivity contribution < 1.29 is 28.2 Å². The first-order valence-electron chi connectivity index (χ1n) is 14.5. The molecule has 0 radical (unpaired) electrons. The van der Waals surface area contributed by atoms with E-state index in [-0.39, 0.29) is 18.9 Å². The highest BCUT2D eigenvalue weighted by molar-refractivity contribution is 7.92. The highest BCUT2D eigenvalue weighted by Crippen LogP contribution is 2.39. The Bertz CT molecular complexity index is 1120. The van der Waals surface area contributed by atoms with E-state index >= 15 is 0 Å². The van der Waals surface area contributed by atoms with Crippen LogP contribution in [0.1, 0.15) is 72.3 Å². The molecule has 1 aromatic rings. The molecule has 1 heterocycles. The molecular weight excluding hydrogens is 530 g/mol. The number of benzene rings is 1. The molecule has 10 heteroatoms. The molecule has 226 valence electrons. The average Bonchev–Trinajstić information content (AvgIpc) is 2.86. The van der Waals surface area contributed by atoms with Crippen LogP contribution in [0.15, 0.2) is 30.3 Å². The van der Waals surface area contributed by atoms with Crippen LogP contribution in [-0.4, -0.2) is 89.3 Å². The number of carbonyl (C=O) groups excluding carboxylic acids is 2. The van der Waals surface area contributed by atoms with Crippen LogP contribution in [0.5, 0.6) is 0 Å². The van der Waals surface area contributed by atoms with Crippen LogP contribution in [0.2, 0.25) is 0 Å². The minimum atomic E-state index is -3.75. The van der Waals surface area contributed by atoms with Crippen molar-refractivity contribution >= 4 is 21.7 Å². The third-order valence-electron chi connectivity index (χ3n) is 8.68. The molecule has 2 aliphatic rings. The summed E-state index contributed by atoms with van der Waals surface area (Å²) >= 11 is 0. The van der Waals surface area contributed by atoms with Gasteiger partial charge in [-0.1, -0.05) is 49.6 Å². The number of sulfone groups is 1. The Labute approximate surface area is 240 Å². The number of piperidine rings is 1. The number of nitrogens with one attached hydrogen (secondary N) is 2. The van der Waals surface area contributed by atoms with Gasteiger partial charge in [0.25, 0.3) is 5.91 Å². The summed E-state index contributed by atoms with van der Waals surface area (Å²) < 4.78 is 22.8. The molecule has 0 aromatic heterocycles. The molecule has 9 nitrogen and oxygen atoms in total. The van der Waals surface area contributed by atoms with Crippen molar-refractivity contribution in [1.82, 2.24) is 15.5 Å². The third kappa shape index (κ3) is 8.27. The summed E-state index contributed by atoms with van der Waals surface area (Å²) in [5, 5.41) is 28.1. The summed E-state index contributed by atoms with van der Waals surface area (Å²) in [5.41, 5.74) is 0.480. The first-order chi connectivity index (χ1) is 18.5. The lowest BCUT2D eigenvalue weighted by atomic mass is 9.72. The third-order valence-corrected chi connectivity index (χ3v) is 10.8. The van der Waals surface area contributed by atoms with Gasteiger partial charge < -0.3 is 20.8 Å². The lowest BCUT2D eigenvalue weighted by Gasteiger charge is -2.47. The maximum Gasteiger partial charge on any atom is 0.250 e. The van der Waals surface area contributed by atoms with Gasteiger partial charge in [-0.05, 0) is 71.3 Å². The first-order valence-corrected chi connectivity index (χ1v) is 16.3. The molecule has 3 unspecified atom stereocenters. The van der Waals surface area contributed by atoms with Gasteiger partial charge in [-0.25, -0.2) is 8.42 Å². The van der Waals surface area contributed by atoms with E-state index in [4.69, 9.17) is 0 Å². The van der Waals surface area contributed by atoms with Gasteiger partial charge in [-0.15, -0.1) is 0 Å². The van der Waals surface area contributed by atoms with Crippen molar-refractivity contribution in [3.63, 3.8) is 0 Å². The van der Waals surface area contributed by atoms with E-state index in [2.05, 4.69) is 15.5 Å². The minimum absolute atomic E-state index is 0.0577. The smallest absolute Gasteiger partial charge is 0.250 e. The molecule has 1 saturated heterocycles. The number of hydrogen-bond acceptors (Lipinski definition) is 7. The maximum absolute atomic E-state index is 13.4. The van der Waals surface area contributed by atoms with Gasteiger partial charge in [0.2, 0.25) is 5.91 Å². The number of β-amino-alcohol motifs (C(OH)–C–C–N with tert-alkyl or cyclic N) is 1. The summed E-state index contributed by atoms with van der Waals surface area (Å²) in [6.45, 7) is 9.32. The fourth-order valence-electron chi connectivity index (χ4n) is 5.93. The molecule has 2 amide bonds. The fraction of sp³-hybridized carbons (Fsp3) is 0.733. The van der Waals surface area contributed by atoms with E-state index in [1.807, 2.05) is 51.1 Å². The van der Waals surface area contributed by atoms with E-state index in [9.17, 15) is 28.2 Å². The molecule has 6 atom stereocenters. The standard InChI is InChI=1S/C30H49N3O6S/c1-29(2,3)32-27(36)24-17-21-14-10-11-15-22(21)18-33(24)19-25(34)23(16-20-12-8-7-9-13-20)31-28(37)26(35)30(4,5)40(6,38)39/h7-9,12-13,21-26,34-35H,10-11,14-19H2,1-6H3,(H,31,37)(H,32,36)/t21-,22+,23?,24?,25?,26+/m0/s1. The topological polar surface area (TPSA) is 136 Å². The largest absolute Gasteiger partial charge is 0.390 e. The van der Waals surface area contributed by atoms with Crippen LogP contribution < -0.4 is 10.6 Å². The summed E-state index contributed by atoms with van der Waals surface area (Å²) in [7, 11) is -3.75. The van der Waals surface area contributed by atoms with E-state index < -0.39 is 50.3 Å². The molecule has 0 spiro atoms. The monoisotopic (exact) mass is 579 g/mol. The second-order valence-electron chi connectivity index (χ2n) is 13.4. The van der Waals surface area contributed by atoms with Gasteiger partial charge in [-0.2, -0.15) is 0 Å². The molecule has 2 fully saturated rings. The van der Waals surface area contributed by atoms with Gasteiger partial charge in [-0.3, -0.25) is 14.5 Å². The quantitative estimate of drug-likeness (QED) is 0.333. The predicted molar refractivity (Wildman–Crippen MR) is 156 cm³/mol. The SMILES string of the molecule is CC(C)(C)NC(=O)C1C[C@@H]2CCCC[C@@H]2CN1CC(O)C(Cc1ccccc1)NC(=O)[C@@H](O)C(C)(C)S(C)(=O)=O. The van der Waals surface area contributed by atoms with Crippen molar-refractivity contribution in [1.29, 1.82) is 0 Å². The number of amides is 2. The Hall–Kier alpha value is -2.01. The number of aliphatic hydroxyl groups is 2. The van der Waals surface area contributed by atoms with Gasteiger partial charge in [0.1, 0.15) is 4.75 Å². The van der Waals surface area contributed by atoms with Crippen molar-refractivity contribution in [2.45, 2.75) is 108 Å². The van der Waals surface area contributed by atoms with Crippen molar-refractivity contribution in [3.05, 3.63) is 35.9 Å². The van der Waals surface area contributed by atoms with Crippen molar-refractivity contribution in [3.8, 4) is 0 Å². The molecule has 3 rings (SSSR count). The first kappa shape index (κ1) is 32.5. The Morgan fingerprint density at radius 1 is 1.02 bits per heavy atom. The highest BCUT2D eigenvalue weighted by Gasteiger charge is 2.44. The number of nitrogens with zero attached hydrogens (tertiary/aromatic N) is 1. The lowest BCUT2D eigenvalue weighted by Crippen LogP contribution is -2.61. The zero-order valence-corrected chi connectivity index (χ0v) is 25.7. The number of carbonyl (C=O) groups is 2. The molecule has 40 heavy (non-hydrogen) atoms. The molecule has 1 aliphatic carbocycles. The molecule has 1 saturated carbocycles. The number of aliphatic hydroxyl groups excluding tert-OH is 2. The van der Waals surface area contributed by atoms with Crippen molar-refractivity contribution in [2.75, 3.05) is 19.3 Å². The second kappa shape index (κ2) is 12.9. The molecule has 1 aromatic carbocycles. The number of hydrogen-bond donors (Lipinski definition) is 4. The summed E-state index contributed by atoms with van der Waals surface area (Å²) in [5.74, 6) is 0.0198. The molecule has 4 N–H and O–H groups in total. The van der Waals surface area contributed by atoms with E-state index in [0.29, 0.717) is 18.4 Å². The summed E-state index contributed by atoms with van der Waals surface area (Å²) in [4.78, 5) is 28.6. The molecular formula is C30H49N3O6S.